The van der Waals surface area contributed by atoms with Crippen LogP contribution >= 0.6 is 11.6 Å². The number of nitrogens with zero attached hydrogens (tertiary/aromatic N) is 3. The molecular formula is C27H29ClFN5O3. The summed E-state index contributed by atoms with van der Waals surface area (Å²) in [5.74, 6) is 0.315. The molecule has 1 aliphatic heterocycles. The Balaban J connectivity index is 1.38. The Bertz CT molecular complexity index is 1290. The fourth-order valence-corrected chi connectivity index (χ4v) is 4.40. The quantitative estimate of drug-likeness (QED) is 0.385. The number of carbonyl (C=O) groups excluding carboxylic acids is 1. The first kappa shape index (κ1) is 25.4. The van der Waals surface area contributed by atoms with Crippen molar-refractivity contribution in [2.75, 3.05) is 43.5 Å². The van der Waals surface area contributed by atoms with Crippen LogP contribution in [0.5, 0.6) is 5.75 Å². The molecule has 0 radical (unpaired) electrons. The molecule has 37 heavy (non-hydrogen) atoms. The number of aromatic nitrogens is 2. The van der Waals surface area contributed by atoms with Gasteiger partial charge < -0.3 is 20.1 Å². The largest absolute Gasteiger partial charge is 0.488 e. The van der Waals surface area contributed by atoms with E-state index in [0.29, 0.717) is 47.0 Å². The van der Waals surface area contributed by atoms with E-state index in [0.717, 1.165) is 45.4 Å². The van der Waals surface area contributed by atoms with Gasteiger partial charge in [-0.3, -0.25) is 9.69 Å². The molecule has 1 saturated heterocycles. The highest BCUT2D eigenvalue weighted by Gasteiger charge is 2.22. The van der Waals surface area contributed by atoms with E-state index in [1.807, 2.05) is 12.1 Å². The van der Waals surface area contributed by atoms with Crippen LogP contribution < -0.4 is 15.4 Å². The van der Waals surface area contributed by atoms with Crippen LogP contribution in [0.4, 0.5) is 21.6 Å². The molecule has 8 nitrogen and oxygen atoms in total. The SMILES string of the molecule is O=C(C=CCN1CCCOCC1)Nc1cc2c(Nc3ccc(F)c(Cl)c3)ncnc2cc1OC1CCC1. The maximum absolute atomic E-state index is 13.6. The molecule has 194 valence electrons. The van der Waals surface area contributed by atoms with E-state index in [4.69, 9.17) is 21.1 Å². The minimum absolute atomic E-state index is 0.00647. The molecule has 5 rings (SSSR count). The van der Waals surface area contributed by atoms with Gasteiger partial charge in [-0.05, 0) is 49.9 Å². The fraction of sp³-hybridized carbons (Fsp3) is 0.370. The molecule has 1 aliphatic carbocycles. The van der Waals surface area contributed by atoms with Gasteiger partial charge in [-0.2, -0.15) is 0 Å². The number of benzene rings is 2. The minimum atomic E-state index is -0.500. The molecule has 2 heterocycles. The number of hydrogen-bond donors (Lipinski definition) is 2. The van der Waals surface area contributed by atoms with Gasteiger partial charge in [0.05, 0.1) is 28.9 Å². The summed E-state index contributed by atoms with van der Waals surface area (Å²) < 4.78 is 25.3. The molecule has 0 spiro atoms. The van der Waals surface area contributed by atoms with Crippen molar-refractivity contribution in [3.8, 4) is 5.75 Å². The Morgan fingerprint density at radius 3 is 2.89 bits per heavy atom. The highest BCUT2D eigenvalue weighted by Crippen LogP contribution is 2.36. The van der Waals surface area contributed by atoms with E-state index in [9.17, 15) is 9.18 Å². The molecule has 1 aromatic heterocycles. The zero-order chi connectivity index (χ0) is 25.6. The zero-order valence-electron chi connectivity index (χ0n) is 20.4. The molecule has 2 N–H and O–H groups in total. The third kappa shape index (κ3) is 6.54. The lowest BCUT2D eigenvalue weighted by atomic mass is 9.96. The lowest BCUT2D eigenvalue weighted by molar-refractivity contribution is -0.111. The van der Waals surface area contributed by atoms with E-state index < -0.39 is 5.82 Å². The molecule has 2 aromatic carbocycles. The van der Waals surface area contributed by atoms with Crippen molar-refractivity contribution in [2.24, 2.45) is 0 Å². The van der Waals surface area contributed by atoms with E-state index in [1.165, 1.54) is 18.5 Å². The molecule has 2 aliphatic rings. The summed E-state index contributed by atoms with van der Waals surface area (Å²) in [5.41, 5.74) is 1.76. The molecule has 1 amide bonds. The summed E-state index contributed by atoms with van der Waals surface area (Å²) in [7, 11) is 0. The molecule has 0 atom stereocenters. The monoisotopic (exact) mass is 525 g/mol. The van der Waals surface area contributed by atoms with Gasteiger partial charge in [-0.1, -0.05) is 17.7 Å². The van der Waals surface area contributed by atoms with Gasteiger partial charge in [-0.25, -0.2) is 14.4 Å². The van der Waals surface area contributed by atoms with Crippen LogP contribution in [0.15, 0.2) is 48.8 Å². The average Bonchev–Trinajstić information content (AvgIpc) is 3.13. The first-order chi connectivity index (χ1) is 18.0. The van der Waals surface area contributed by atoms with Crippen molar-refractivity contribution in [1.29, 1.82) is 0 Å². The van der Waals surface area contributed by atoms with E-state index in [2.05, 4.69) is 25.5 Å². The predicted octanol–water partition coefficient (Wildman–Crippen LogP) is 5.31. The number of anilines is 3. The number of nitrogens with one attached hydrogen (secondary N) is 2. The van der Waals surface area contributed by atoms with Crippen molar-refractivity contribution in [1.82, 2.24) is 14.9 Å². The van der Waals surface area contributed by atoms with Crippen molar-refractivity contribution in [2.45, 2.75) is 31.8 Å². The van der Waals surface area contributed by atoms with Gasteiger partial charge in [-0.15, -0.1) is 0 Å². The summed E-state index contributed by atoms with van der Waals surface area (Å²) in [6, 6.07) is 7.97. The van der Waals surface area contributed by atoms with Gasteiger partial charge in [0.1, 0.15) is 23.7 Å². The van der Waals surface area contributed by atoms with Crippen LogP contribution in [0.1, 0.15) is 25.7 Å². The molecule has 1 saturated carbocycles. The van der Waals surface area contributed by atoms with Crippen LogP contribution in [0.3, 0.4) is 0 Å². The summed E-state index contributed by atoms with van der Waals surface area (Å²) >= 11 is 5.94. The van der Waals surface area contributed by atoms with Crippen LogP contribution in [-0.2, 0) is 9.53 Å². The van der Waals surface area contributed by atoms with Crippen molar-refractivity contribution >= 4 is 45.6 Å². The molecule has 3 aromatic rings. The molecule has 0 unspecified atom stereocenters. The Kier molecular flexibility index (Phi) is 8.13. The molecule has 0 bridgehead atoms. The Hall–Kier alpha value is -3.27. The number of amides is 1. The smallest absolute Gasteiger partial charge is 0.248 e. The summed E-state index contributed by atoms with van der Waals surface area (Å²) in [6.07, 6.45) is 9.04. The fourth-order valence-electron chi connectivity index (χ4n) is 4.22. The standard InChI is InChI=1S/C27H29ClFN5O3/c28-21-14-18(7-8-22(21)29)32-27-20-15-24(25(37-19-4-1-5-19)16-23(20)30-17-31-27)33-26(35)6-2-9-34-10-3-12-36-13-11-34/h2,6-8,14-17,19H,1,3-5,9-13H2,(H,33,35)(H,30,31,32). The third-order valence-corrected chi connectivity index (χ3v) is 6.76. The van der Waals surface area contributed by atoms with E-state index in [-0.39, 0.29) is 17.0 Å². The van der Waals surface area contributed by atoms with Crippen LogP contribution in [0.2, 0.25) is 5.02 Å². The number of hydrogen-bond acceptors (Lipinski definition) is 7. The molecule has 2 fully saturated rings. The number of halogens is 2. The normalized spacial score (nSPS) is 16.9. The first-order valence-corrected chi connectivity index (χ1v) is 12.9. The van der Waals surface area contributed by atoms with Crippen LogP contribution in [0.25, 0.3) is 10.9 Å². The Labute approximate surface area is 219 Å². The lowest BCUT2D eigenvalue weighted by Gasteiger charge is -2.27. The molecule has 10 heteroatoms. The van der Waals surface area contributed by atoms with Gasteiger partial charge in [0.15, 0.2) is 0 Å². The van der Waals surface area contributed by atoms with Crippen LogP contribution in [-0.4, -0.2) is 59.7 Å². The maximum atomic E-state index is 13.6. The summed E-state index contributed by atoms with van der Waals surface area (Å²) in [5, 5.41) is 6.81. The third-order valence-electron chi connectivity index (χ3n) is 6.47. The second-order valence-electron chi connectivity index (χ2n) is 9.17. The summed E-state index contributed by atoms with van der Waals surface area (Å²) in [4.78, 5) is 23.8. The van der Waals surface area contributed by atoms with Crippen LogP contribution in [0, 0.1) is 5.82 Å². The second-order valence-corrected chi connectivity index (χ2v) is 9.58. The topological polar surface area (TPSA) is 88.6 Å². The number of rotatable bonds is 8. The van der Waals surface area contributed by atoms with Gasteiger partial charge in [0.25, 0.3) is 0 Å². The zero-order valence-corrected chi connectivity index (χ0v) is 21.1. The molecular weight excluding hydrogens is 497 g/mol. The highest BCUT2D eigenvalue weighted by molar-refractivity contribution is 6.31. The summed E-state index contributed by atoms with van der Waals surface area (Å²) in [6.45, 7) is 3.97. The van der Waals surface area contributed by atoms with E-state index >= 15 is 0 Å². The lowest BCUT2D eigenvalue weighted by Crippen LogP contribution is -2.26. The van der Waals surface area contributed by atoms with E-state index in [1.54, 1.807) is 18.2 Å². The minimum Gasteiger partial charge on any atom is -0.488 e. The highest BCUT2D eigenvalue weighted by atomic mass is 35.5. The number of fused-ring (bicyclic) bond motifs is 1. The van der Waals surface area contributed by atoms with Crippen molar-refractivity contribution in [3.05, 3.63) is 59.7 Å². The first-order valence-electron chi connectivity index (χ1n) is 12.5. The van der Waals surface area contributed by atoms with Crippen molar-refractivity contribution in [3.63, 3.8) is 0 Å². The predicted molar refractivity (Wildman–Crippen MR) is 142 cm³/mol. The second kappa shape index (κ2) is 11.9. The van der Waals surface area contributed by atoms with Gasteiger partial charge >= 0.3 is 0 Å². The maximum Gasteiger partial charge on any atom is 0.248 e. The van der Waals surface area contributed by atoms with Gasteiger partial charge in [0, 0.05) is 49.5 Å². The number of ether oxygens (including phenoxy) is 2. The average molecular weight is 526 g/mol. The Morgan fingerprint density at radius 2 is 2.08 bits per heavy atom. The number of carbonyl (C=O) groups is 1. The Morgan fingerprint density at radius 1 is 1.19 bits per heavy atom. The van der Waals surface area contributed by atoms with Crippen molar-refractivity contribution < 1.29 is 18.7 Å². The van der Waals surface area contributed by atoms with Gasteiger partial charge in [0.2, 0.25) is 5.91 Å².